The van der Waals surface area contributed by atoms with Gasteiger partial charge in [0.2, 0.25) is 0 Å². The lowest BCUT2D eigenvalue weighted by atomic mass is 10.2. The number of fused-ring (bicyclic) bond motifs is 1. The topological polar surface area (TPSA) is 95.4 Å². The molecule has 4 rings (SSSR count). The van der Waals surface area contributed by atoms with E-state index in [4.69, 9.17) is 9.26 Å². The fourth-order valence-electron chi connectivity index (χ4n) is 2.58. The number of benzene rings is 1. The van der Waals surface area contributed by atoms with Crippen molar-refractivity contribution in [1.82, 2.24) is 24.7 Å². The van der Waals surface area contributed by atoms with E-state index in [-0.39, 0.29) is 12.4 Å². The van der Waals surface area contributed by atoms with Crippen molar-refractivity contribution in [3.8, 4) is 11.3 Å². The normalized spacial score (nSPS) is 11.0. The van der Waals surface area contributed by atoms with Crippen LogP contribution in [0.25, 0.3) is 17.1 Å². The standard InChI is InChI=1S/C18H15N5O3/c1-11-8-12(2)23-18(19-11)20-16(21-23)17(24)25-10-14-9-15(26-22-14)13-6-4-3-5-7-13/h3-9H,10H2,1-2H3. The van der Waals surface area contributed by atoms with Crippen molar-refractivity contribution in [2.45, 2.75) is 20.5 Å². The Bertz CT molecular complexity index is 1080. The van der Waals surface area contributed by atoms with E-state index >= 15 is 0 Å². The highest BCUT2D eigenvalue weighted by atomic mass is 16.5. The van der Waals surface area contributed by atoms with Crippen molar-refractivity contribution in [3.63, 3.8) is 0 Å². The smallest absolute Gasteiger partial charge is 0.378 e. The highest BCUT2D eigenvalue weighted by Gasteiger charge is 2.17. The predicted molar refractivity (Wildman–Crippen MR) is 91.3 cm³/mol. The molecule has 3 aromatic heterocycles. The maximum Gasteiger partial charge on any atom is 0.378 e. The van der Waals surface area contributed by atoms with Gasteiger partial charge in [0.1, 0.15) is 12.3 Å². The first-order chi connectivity index (χ1) is 12.6. The van der Waals surface area contributed by atoms with Crippen LogP contribution in [0, 0.1) is 13.8 Å². The molecule has 0 aliphatic carbocycles. The van der Waals surface area contributed by atoms with Gasteiger partial charge in [0.15, 0.2) is 5.76 Å². The van der Waals surface area contributed by atoms with E-state index in [0.29, 0.717) is 17.2 Å². The second-order valence-corrected chi connectivity index (χ2v) is 5.81. The highest BCUT2D eigenvalue weighted by Crippen LogP contribution is 2.20. The number of hydrogen-bond acceptors (Lipinski definition) is 7. The van der Waals surface area contributed by atoms with Gasteiger partial charge in [-0.2, -0.15) is 4.98 Å². The first-order valence-electron chi connectivity index (χ1n) is 7.99. The number of carbonyl (C=O) groups is 1. The predicted octanol–water partition coefficient (Wildman–Crippen LogP) is 2.75. The van der Waals surface area contributed by atoms with E-state index in [1.54, 1.807) is 6.07 Å². The lowest BCUT2D eigenvalue weighted by molar-refractivity contribution is 0.0450. The van der Waals surface area contributed by atoms with Crippen LogP contribution in [0.1, 0.15) is 27.7 Å². The van der Waals surface area contributed by atoms with Crippen molar-refractivity contribution in [3.05, 3.63) is 65.4 Å². The summed E-state index contributed by atoms with van der Waals surface area (Å²) < 4.78 is 12.0. The number of hydrogen-bond donors (Lipinski definition) is 0. The second-order valence-electron chi connectivity index (χ2n) is 5.81. The molecule has 8 heteroatoms. The van der Waals surface area contributed by atoms with E-state index in [1.807, 2.05) is 50.2 Å². The molecule has 0 fully saturated rings. The minimum absolute atomic E-state index is 0.0316. The third-order valence-corrected chi connectivity index (χ3v) is 3.77. The third kappa shape index (κ3) is 3.04. The molecule has 26 heavy (non-hydrogen) atoms. The maximum atomic E-state index is 12.2. The van der Waals surface area contributed by atoms with E-state index in [1.165, 1.54) is 4.52 Å². The average molecular weight is 349 g/mol. The summed E-state index contributed by atoms with van der Waals surface area (Å²) in [6.45, 7) is 3.69. The summed E-state index contributed by atoms with van der Waals surface area (Å²) in [5.41, 5.74) is 3.05. The van der Waals surface area contributed by atoms with Gasteiger partial charge in [-0.3, -0.25) is 0 Å². The van der Waals surface area contributed by atoms with Crippen LogP contribution >= 0.6 is 0 Å². The number of aromatic nitrogens is 5. The average Bonchev–Trinajstić information content (AvgIpc) is 3.27. The van der Waals surface area contributed by atoms with E-state index in [2.05, 4.69) is 20.2 Å². The van der Waals surface area contributed by atoms with Gasteiger partial charge in [-0.05, 0) is 19.9 Å². The Morgan fingerprint density at radius 1 is 1.15 bits per heavy atom. The zero-order valence-corrected chi connectivity index (χ0v) is 14.2. The molecule has 0 atom stereocenters. The molecule has 0 saturated carbocycles. The molecule has 0 N–H and O–H groups in total. The van der Waals surface area contributed by atoms with E-state index in [0.717, 1.165) is 17.0 Å². The Balaban J connectivity index is 1.48. The van der Waals surface area contributed by atoms with Crippen LogP contribution in [0.4, 0.5) is 0 Å². The van der Waals surface area contributed by atoms with E-state index < -0.39 is 5.97 Å². The van der Waals surface area contributed by atoms with Crippen molar-refractivity contribution in [2.75, 3.05) is 0 Å². The minimum atomic E-state index is -0.642. The molecule has 0 saturated heterocycles. The Morgan fingerprint density at radius 3 is 2.77 bits per heavy atom. The molecule has 3 heterocycles. The quantitative estimate of drug-likeness (QED) is 0.523. The van der Waals surface area contributed by atoms with Crippen LogP contribution in [0.5, 0.6) is 0 Å². The molecular formula is C18H15N5O3. The van der Waals surface area contributed by atoms with Crippen LogP contribution < -0.4 is 0 Å². The van der Waals surface area contributed by atoms with Crippen LogP contribution in [0.15, 0.2) is 47.0 Å². The summed E-state index contributed by atoms with van der Waals surface area (Å²) in [5, 5.41) is 8.06. The lowest BCUT2D eigenvalue weighted by Gasteiger charge is -1.98. The molecule has 0 amide bonds. The van der Waals surface area contributed by atoms with Gasteiger partial charge >= 0.3 is 5.97 Å². The summed E-state index contributed by atoms with van der Waals surface area (Å²) in [5.74, 6) is 0.287. The van der Waals surface area contributed by atoms with Crippen LogP contribution in [-0.4, -0.2) is 30.7 Å². The lowest BCUT2D eigenvalue weighted by Crippen LogP contribution is -2.08. The Kier molecular flexibility index (Phi) is 3.92. The van der Waals surface area contributed by atoms with E-state index in [9.17, 15) is 4.79 Å². The second kappa shape index (κ2) is 6.40. The largest absolute Gasteiger partial charge is 0.453 e. The molecule has 0 radical (unpaired) electrons. The van der Waals surface area contributed by atoms with Gasteiger partial charge in [-0.25, -0.2) is 14.3 Å². The van der Waals surface area contributed by atoms with Crippen molar-refractivity contribution >= 4 is 11.7 Å². The minimum Gasteiger partial charge on any atom is -0.453 e. The fourth-order valence-corrected chi connectivity index (χ4v) is 2.58. The Labute approximate surface area is 148 Å². The summed E-state index contributed by atoms with van der Waals surface area (Å²) in [6, 6.07) is 13.1. The summed E-state index contributed by atoms with van der Waals surface area (Å²) in [4.78, 5) is 20.6. The molecule has 0 unspecified atom stereocenters. The zero-order valence-electron chi connectivity index (χ0n) is 14.2. The van der Waals surface area contributed by atoms with Gasteiger partial charge in [0.05, 0.1) is 0 Å². The first kappa shape index (κ1) is 15.9. The summed E-state index contributed by atoms with van der Waals surface area (Å²) >= 11 is 0. The molecule has 0 spiro atoms. The van der Waals surface area contributed by atoms with Gasteiger partial charge < -0.3 is 9.26 Å². The Morgan fingerprint density at radius 2 is 1.96 bits per heavy atom. The number of rotatable bonds is 4. The van der Waals surface area contributed by atoms with Crippen molar-refractivity contribution in [2.24, 2.45) is 0 Å². The Hall–Kier alpha value is -3.55. The first-order valence-corrected chi connectivity index (χ1v) is 7.99. The molecule has 0 bridgehead atoms. The molecule has 1 aromatic carbocycles. The summed E-state index contributed by atoms with van der Waals surface area (Å²) in [7, 11) is 0. The summed E-state index contributed by atoms with van der Waals surface area (Å²) in [6.07, 6.45) is 0. The number of nitrogens with zero attached hydrogens (tertiary/aromatic N) is 5. The highest BCUT2D eigenvalue weighted by molar-refractivity contribution is 5.85. The van der Waals surface area contributed by atoms with Gasteiger partial charge in [-0.1, -0.05) is 35.5 Å². The molecule has 130 valence electrons. The molecule has 0 aliphatic heterocycles. The SMILES string of the molecule is Cc1cc(C)n2nc(C(=O)OCc3cc(-c4ccccc4)on3)nc2n1. The van der Waals surface area contributed by atoms with Gasteiger partial charge in [-0.15, -0.1) is 5.10 Å². The van der Waals surface area contributed by atoms with Crippen molar-refractivity contribution in [1.29, 1.82) is 0 Å². The number of carbonyl (C=O) groups excluding carboxylic acids is 1. The number of esters is 1. The monoisotopic (exact) mass is 349 g/mol. The van der Waals surface area contributed by atoms with Crippen LogP contribution in [-0.2, 0) is 11.3 Å². The fraction of sp³-hybridized carbons (Fsp3) is 0.167. The molecule has 8 nitrogen and oxygen atoms in total. The van der Waals surface area contributed by atoms with Gasteiger partial charge in [0.25, 0.3) is 11.6 Å². The zero-order chi connectivity index (χ0) is 18.1. The number of aryl methyl sites for hydroxylation is 2. The molecule has 4 aromatic rings. The van der Waals surface area contributed by atoms with Gasteiger partial charge in [0, 0.05) is 23.0 Å². The molecule has 0 aliphatic rings. The van der Waals surface area contributed by atoms with Crippen molar-refractivity contribution < 1.29 is 14.1 Å². The maximum absolute atomic E-state index is 12.2. The molecular weight excluding hydrogens is 334 g/mol. The third-order valence-electron chi connectivity index (χ3n) is 3.77. The van der Waals surface area contributed by atoms with Crippen LogP contribution in [0.2, 0.25) is 0 Å². The number of ether oxygens (including phenoxy) is 1. The van der Waals surface area contributed by atoms with Crippen LogP contribution in [0.3, 0.4) is 0 Å².